The second-order valence-electron chi connectivity index (χ2n) is 9.59. The van der Waals surface area contributed by atoms with Gasteiger partial charge < -0.3 is 5.11 Å². The van der Waals surface area contributed by atoms with Crippen LogP contribution in [0.1, 0.15) is 58.2 Å². The first-order valence-corrected chi connectivity index (χ1v) is 10.8. The summed E-state index contributed by atoms with van der Waals surface area (Å²) in [6, 6.07) is 13.6. The van der Waals surface area contributed by atoms with E-state index in [2.05, 4.69) is 47.6 Å². The minimum atomic E-state index is -0.248. The number of rotatable bonds is 2. The third-order valence-electron chi connectivity index (χ3n) is 5.11. The van der Waals surface area contributed by atoms with E-state index in [4.69, 9.17) is 0 Å². The zero-order chi connectivity index (χ0) is 22.3. The molecule has 0 aromatic heterocycles. The quantitative estimate of drug-likeness (QED) is 0.479. The highest BCUT2D eigenvalue weighted by Gasteiger charge is 2.30. The topological polar surface area (TPSA) is 64.3 Å². The van der Waals surface area contributed by atoms with Crippen molar-refractivity contribution < 1.29 is 9.90 Å². The molecule has 1 aliphatic rings. The fourth-order valence-electron chi connectivity index (χ4n) is 3.52. The van der Waals surface area contributed by atoms with Crippen LogP contribution >= 0.6 is 11.8 Å². The van der Waals surface area contributed by atoms with Crippen molar-refractivity contribution in [2.45, 2.75) is 57.3 Å². The zero-order valence-electron chi connectivity index (χ0n) is 18.4. The van der Waals surface area contributed by atoms with Crippen molar-refractivity contribution in [3.05, 3.63) is 58.0 Å². The maximum absolute atomic E-state index is 13.1. The molecule has 1 N–H and O–H groups in total. The Morgan fingerprint density at radius 3 is 2.17 bits per heavy atom. The van der Waals surface area contributed by atoms with Crippen LogP contribution in [-0.2, 0) is 15.6 Å². The summed E-state index contributed by atoms with van der Waals surface area (Å²) < 4.78 is 0. The second-order valence-corrected chi connectivity index (χ2v) is 10.7. The van der Waals surface area contributed by atoms with Crippen LogP contribution in [0.4, 0.5) is 5.69 Å². The molecule has 30 heavy (non-hydrogen) atoms. The Morgan fingerprint density at radius 1 is 1.07 bits per heavy atom. The summed E-state index contributed by atoms with van der Waals surface area (Å²) in [5.41, 5.74) is 2.84. The molecular formula is C25H28N2O2S. The molecule has 1 aliphatic heterocycles. The molecule has 5 heteroatoms. The van der Waals surface area contributed by atoms with Crippen LogP contribution in [0.2, 0.25) is 0 Å². The van der Waals surface area contributed by atoms with Gasteiger partial charge in [-0.15, -0.1) is 0 Å². The van der Waals surface area contributed by atoms with Gasteiger partial charge in [-0.1, -0.05) is 65.4 Å². The standard InChI is InChI=1S/C25H28N2O2S/c1-24(2,3)17-13-16(14-18(22(17)28)25(4,5)6)15-21-23(29)27(12-11-26)19-9-7-8-10-20(19)30-21/h7-10,13-15,28H,12H2,1-6H3/b21-15-. The highest BCUT2D eigenvalue weighted by molar-refractivity contribution is 8.04. The van der Waals surface area contributed by atoms with Gasteiger partial charge in [0.25, 0.3) is 5.91 Å². The maximum Gasteiger partial charge on any atom is 0.266 e. The molecule has 2 aromatic rings. The highest BCUT2D eigenvalue weighted by atomic mass is 32.2. The fraction of sp³-hybridized carbons (Fsp3) is 0.360. The van der Waals surface area contributed by atoms with Crippen molar-refractivity contribution >= 4 is 29.4 Å². The molecular weight excluding hydrogens is 392 g/mol. The monoisotopic (exact) mass is 420 g/mol. The van der Waals surface area contributed by atoms with Gasteiger partial charge >= 0.3 is 0 Å². The Kier molecular flexibility index (Phi) is 5.75. The Bertz CT molecular complexity index is 1030. The van der Waals surface area contributed by atoms with Crippen LogP contribution in [0.3, 0.4) is 0 Å². The molecule has 0 atom stereocenters. The number of phenolic OH excluding ortho intramolecular Hbond substituents is 1. The number of carbonyl (C=O) groups is 1. The molecule has 0 unspecified atom stereocenters. The Balaban J connectivity index is 2.17. The van der Waals surface area contributed by atoms with Crippen LogP contribution in [-0.4, -0.2) is 17.6 Å². The minimum Gasteiger partial charge on any atom is -0.507 e. The molecule has 3 rings (SSSR count). The number of aromatic hydroxyl groups is 1. The van der Waals surface area contributed by atoms with Crippen molar-refractivity contribution in [3.63, 3.8) is 0 Å². The first kappa shape index (κ1) is 22.0. The number of nitrogens with zero attached hydrogens (tertiary/aromatic N) is 2. The van der Waals surface area contributed by atoms with Crippen molar-refractivity contribution in [2.75, 3.05) is 11.4 Å². The normalized spacial score (nSPS) is 15.8. The fourth-order valence-corrected chi connectivity index (χ4v) is 4.58. The summed E-state index contributed by atoms with van der Waals surface area (Å²) in [4.78, 5) is 16.2. The van der Waals surface area contributed by atoms with Crippen LogP contribution in [0.25, 0.3) is 6.08 Å². The zero-order valence-corrected chi connectivity index (χ0v) is 19.2. The number of para-hydroxylation sites is 1. The molecule has 0 saturated carbocycles. The molecule has 0 fully saturated rings. The molecule has 0 aliphatic carbocycles. The van der Waals surface area contributed by atoms with E-state index < -0.39 is 0 Å². The second kappa shape index (κ2) is 7.85. The van der Waals surface area contributed by atoms with Gasteiger partial charge in [-0.2, -0.15) is 5.26 Å². The van der Waals surface area contributed by atoms with E-state index in [1.807, 2.05) is 42.5 Å². The number of benzene rings is 2. The average molecular weight is 421 g/mol. The predicted octanol–water partition coefficient (Wildman–Crippen LogP) is 5.99. The number of fused-ring (bicyclic) bond motifs is 1. The number of nitriles is 1. The van der Waals surface area contributed by atoms with Gasteiger partial charge in [0.2, 0.25) is 0 Å². The Morgan fingerprint density at radius 2 is 1.63 bits per heavy atom. The van der Waals surface area contributed by atoms with E-state index in [0.29, 0.717) is 10.7 Å². The number of hydrogen-bond donors (Lipinski definition) is 1. The van der Waals surface area contributed by atoms with Gasteiger partial charge in [0, 0.05) is 16.0 Å². The highest BCUT2D eigenvalue weighted by Crippen LogP contribution is 2.44. The van der Waals surface area contributed by atoms with Gasteiger partial charge in [0.1, 0.15) is 12.3 Å². The summed E-state index contributed by atoms with van der Waals surface area (Å²) in [5.74, 6) is 0.138. The largest absolute Gasteiger partial charge is 0.507 e. The molecule has 0 saturated heterocycles. The number of phenols is 1. The van der Waals surface area contributed by atoms with Crippen LogP contribution in [0.5, 0.6) is 5.75 Å². The maximum atomic E-state index is 13.1. The SMILES string of the molecule is CC(C)(C)c1cc(/C=C2\Sc3ccccc3N(CC#N)C2=O)cc(C(C)(C)C)c1O. The van der Waals surface area contributed by atoms with Gasteiger partial charge in [0.15, 0.2) is 0 Å². The van der Waals surface area contributed by atoms with E-state index >= 15 is 0 Å². The van der Waals surface area contributed by atoms with Crippen molar-refractivity contribution in [1.82, 2.24) is 0 Å². The van der Waals surface area contributed by atoms with E-state index in [-0.39, 0.29) is 23.3 Å². The molecule has 1 amide bonds. The predicted molar refractivity (Wildman–Crippen MR) is 124 cm³/mol. The van der Waals surface area contributed by atoms with E-state index in [0.717, 1.165) is 27.3 Å². The third kappa shape index (κ3) is 4.24. The number of carbonyl (C=O) groups excluding carboxylic acids is 1. The summed E-state index contributed by atoms with van der Waals surface area (Å²) >= 11 is 1.42. The van der Waals surface area contributed by atoms with Crippen molar-refractivity contribution in [1.29, 1.82) is 5.26 Å². The van der Waals surface area contributed by atoms with E-state index in [1.54, 1.807) is 0 Å². The molecule has 0 spiro atoms. The van der Waals surface area contributed by atoms with E-state index in [9.17, 15) is 15.2 Å². The first-order valence-electron chi connectivity index (χ1n) is 9.99. The lowest BCUT2D eigenvalue weighted by atomic mass is 9.78. The summed E-state index contributed by atoms with van der Waals surface area (Å²) in [6.07, 6.45) is 1.87. The lowest BCUT2D eigenvalue weighted by Crippen LogP contribution is -2.34. The average Bonchev–Trinajstić information content (AvgIpc) is 2.64. The third-order valence-corrected chi connectivity index (χ3v) is 6.18. The molecule has 0 bridgehead atoms. The van der Waals surface area contributed by atoms with Gasteiger partial charge in [0.05, 0.1) is 16.7 Å². The van der Waals surface area contributed by atoms with Gasteiger partial charge in [-0.25, -0.2) is 0 Å². The number of hydrogen-bond acceptors (Lipinski definition) is 4. The van der Waals surface area contributed by atoms with Gasteiger partial charge in [-0.3, -0.25) is 9.69 Å². The van der Waals surface area contributed by atoms with Crippen LogP contribution in [0.15, 0.2) is 46.2 Å². The summed E-state index contributed by atoms with van der Waals surface area (Å²) in [7, 11) is 0. The van der Waals surface area contributed by atoms with Gasteiger partial charge in [-0.05, 0) is 46.7 Å². The minimum absolute atomic E-state index is 0.00378. The first-order chi connectivity index (χ1) is 13.9. The Labute approximate surface area is 183 Å². The lowest BCUT2D eigenvalue weighted by Gasteiger charge is -2.29. The molecule has 1 heterocycles. The lowest BCUT2D eigenvalue weighted by molar-refractivity contribution is -0.114. The van der Waals surface area contributed by atoms with Crippen molar-refractivity contribution in [2.24, 2.45) is 0 Å². The molecule has 0 radical (unpaired) electrons. The smallest absolute Gasteiger partial charge is 0.266 e. The molecule has 2 aromatic carbocycles. The number of amides is 1. The summed E-state index contributed by atoms with van der Waals surface area (Å²) in [6.45, 7) is 12.4. The molecule has 156 valence electrons. The molecule has 4 nitrogen and oxygen atoms in total. The van der Waals surface area contributed by atoms with E-state index in [1.165, 1.54) is 16.7 Å². The van der Waals surface area contributed by atoms with Crippen molar-refractivity contribution in [3.8, 4) is 11.8 Å². The van der Waals surface area contributed by atoms with Crippen LogP contribution in [0, 0.1) is 11.3 Å². The summed E-state index contributed by atoms with van der Waals surface area (Å²) in [5, 5.41) is 20.2. The number of thioether (sulfide) groups is 1. The Hall–Kier alpha value is -2.71. The van der Waals surface area contributed by atoms with Crippen LogP contribution < -0.4 is 4.90 Å². The number of anilines is 1.